The fourth-order valence-electron chi connectivity index (χ4n) is 2.57. The van der Waals surface area contributed by atoms with Crippen LogP contribution in [0.5, 0.6) is 0 Å². The van der Waals surface area contributed by atoms with Gasteiger partial charge in [-0.3, -0.25) is 9.59 Å². The van der Waals surface area contributed by atoms with Gasteiger partial charge in [-0.25, -0.2) is 4.79 Å². The number of hydrogen-bond acceptors (Lipinski definition) is 3. The molecule has 2 aromatic rings. The lowest BCUT2D eigenvalue weighted by Crippen LogP contribution is -2.44. The Balaban J connectivity index is 1.89. The van der Waals surface area contributed by atoms with Crippen molar-refractivity contribution in [2.24, 2.45) is 0 Å². The second-order valence-corrected chi connectivity index (χ2v) is 7.74. The van der Waals surface area contributed by atoms with Crippen LogP contribution in [-0.4, -0.2) is 28.9 Å². The first-order valence-corrected chi connectivity index (χ1v) is 9.09. The first kappa shape index (κ1) is 21.2. The molecule has 0 fully saturated rings. The van der Waals surface area contributed by atoms with E-state index >= 15 is 0 Å². The summed E-state index contributed by atoms with van der Waals surface area (Å²) in [6.45, 7) is 8.17. The Labute approximate surface area is 165 Å². The Kier molecular flexibility index (Phi) is 6.57. The van der Waals surface area contributed by atoms with Gasteiger partial charge in [0.25, 0.3) is 5.91 Å². The molecule has 0 heterocycles. The molecule has 0 unspecified atom stereocenters. The van der Waals surface area contributed by atoms with E-state index < -0.39 is 12.0 Å². The molecule has 0 aliphatic heterocycles. The zero-order valence-electron chi connectivity index (χ0n) is 16.6. The zero-order valence-corrected chi connectivity index (χ0v) is 16.6. The smallest absolute Gasteiger partial charge is 0.335 e. The van der Waals surface area contributed by atoms with Gasteiger partial charge >= 0.3 is 5.97 Å². The predicted molar refractivity (Wildman–Crippen MR) is 107 cm³/mol. The average molecular weight is 382 g/mol. The van der Waals surface area contributed by atoms with Crippen LogP contribution in [0.1, 0.15) is 59.5 Å². The van der Waals surface area contributed by atoms with Crippen molar-refractivity contribution in [3.8, 4) is 0 Å². The maximum Gasteiger partial charge on any atom is 0.335 e. The number of carbonyl (C=O) groups excluding carboxylic acids is 2. The lowest BCUT2D eigenvalue weighted by Gasteiger charge is -2.19. The molecule has 0 saturated heterocycles. The van der Waals surface area contributed by atoms with E-state index in [1.807, 2.05) is 12.1 Å². The topological polar surface area (TPSA) is 95.5 Å². The fourth-order valence-corrected chi connectivity index (χ4v) is 2.57. The fraction of sp³-hybridized carbons (Fsp3) is 0.318. The summed E-state index contributed by atoms with van der Waals surface area (Å²) in [5, 5.41) is 14.3. The quantitative estimate of drug-likeness (QED) is 0.715. The zero-order chi connectivity index (χ0) is 20.9. The van der Waals surface area contributed by atoms with Crippen molar-refractivity contribution in [3.63, 3.8) is 0 Å². The first-order valence-electron chi connectivity index (χ1n) is 9.09. The molecule has 28 heavy (non-hydrogen) atoms. The molecule has 2 rings (SSSR count). The van der Waals surface area contributed by atoms with Crippen molar-refractivity contribution in [2.75, 3.05) is 0 Å². The van der Waals surface area contributed by atoms with E-state index in [0.29, 0.717) is 5.56 Å². The molecule has 0 saturated carbocycles. The van der Waals surface area contributed by atoms with Crippen molar-refractivity contribution in [3.05, 3.63) is 70.8 Å². The number of hydrogen-bond donors (Lipinski definition) is 3. The highest BCUT2D eigenvalue weighted by molar-refractivity contribution is 5.97. The normalized spacial score (nSPS) is 12.1. The Bertz CT molecular complexity index is 850. The SMILES string of the molecule is C[C@H](NC(=O)c1ccc(C(C)(C)C)cc1)C(=O)NCc1ccc(C(=O)O)cc1. The van der Waals surface area contributed by atoms with Crippen molar-refractivity contribution >= 4 is 17.8 Å². The highest BCUT2D eigenvalue weighted by atomic mass is 16.4. The minimum Gasteiger partial charge on any atom is -0.478 e. The van der Waals surface area contributed by atoms with E-state index in [4.69, 9.17) is 5.11 Å². The summed E-state index contributed by atoms with van der Waals surface area (Å²) in [5.41, 5.74) is 2.59. The maximum atomic E-state index is 12.3. The highest BCUT2D eigenvalue weighted by Crippen LogP contribution is 2.22. The van der Waals surface area contributed by atoms with Crippen molar-refractivity contribution in [1.82, 2.24) is 10.6 Å². The van der Waals surface area contributed by atoms with Crippen LogP contribution in [0.15, 0.2) is 48.5 Å². The Morgan fingerprint density at radius 2 is 1.46 bits per heavy atom. The summed E-state index contributed by atoms with van der Waals surface area (Å²) in [5.74, 6) is -1.63. The number of amides is 2. The summed E-state index contributed by atoms with van der Waals surface area (Å²) >= 11 is 0. The van der Waals surface area contributed by atoms with E-state index in [2.05, 4.69) is 31.4 Å². The molecule has 6 nitrogen and oxygen atoms in total. The van der Waals surface area contributed by atoms with Crippen LogP contribution in [-0.2, 0) is 16.8 Å². The highest BCUT2D eigenvalue weighted by Gasteiger charge is 2.18. The molecular formula is C22H26N2O4. The van der Waals surface area contributed by atoms with Crippen LogP contribution in [0.25, 0.3) is 0 Å². The average Bonchev–Trinajstić information content (AvgIpc) is 2.65. The molecule has 0 aliphatic rings. The second-order valence-electron chi connectivity index (χ2n) is 7.74. The van der Waals surface area contributed by atoms with Crippen LogP contribution in [0.4, 0.5) is 0 Å². The Morgan fingerprint density at radius 1 is 0.929 bits per heavy atom. The largest absolute Gasteiger partial charge is 0.478 e. The maximum absolute atomic E-state index is 12.3. The summed E-state index contributed by atoms with van der Waals surface area (Å²) in [4.78, 5) is 35.4. The van der Waals surface area contributed by atoms with Crippen LogP contribution < -0.4 is 10.6 Å². The van der Waals surface area contributed by atoms with Crippen LogP contribution in [0.2, 0.25) is 0 Å². The molecule has 0 bridgehead atoms. The van der Waals surface area contributed by atoms with Gasteiger partial charge in [0.15, 0.2) is 0 Å². The lowest BCUT2D eigenvalue weighted by molar-refractivity contribution is -0.122. The van der Waals surface area contributed by atoms with E-state index in [1.54, 1.807) is 31.2 Å². The van der Waals surface area contributed by atoms with Crippen molar-refractivity contribution < 1.29 is 19.5 Å². The lowest BCUT2D eigenvalue weighted by atomic mass is 9.86. The molecule has 3 N–H and O–H groups in total. The molecular weight excluding hydrogens is 356 g/mol. The summed E-state index contributed by atoms with van der Waals surface area (Å²) in [6, 6.07) is 12.9. The third-order valence-electron chi connectivity index (χ3n) is 4.42. The Morgan fingerprint density at radius 3 is 1.96 bits per heavy atom. The van der Waals surface area contributed by atoms with Crippen molar-refractivity contribution in [1.29, 1.82) is 0 Å². The summed E-state index contributed by atoms with van der Waals surface area (Å²) in [6.07, 6.45) is 0. The predicted octanol–water partition coefficient (Wildman–Crippen LogP) is 3.12. The molecule has 148 valence electrons. The van der Waals surface area contributed by atoms with Gasteiger partial charge in [-0.05, 0) is 47.7 Å². The standard InChI is InChI=1S/C22H26N2O4/c1-14(19(25)23-13-15-5-7-17(8-6-15)21(27)28)24-20(26)16-9-11-18(12-10-16)22(2,3)4/h5-12,14H,13H2,1-4H3,(H,23,25)(H,24,26)(H,27,28)/t14-/m0/s1. The number of rotatable bonds is 6. The monoisotopic (exact) mass is 382 g/mol. The number of carboxylic acids is 1. The number of benzene rings is 2. The first-order chi connectivity index (χ1) is 13.1. The number of carboxylic acid groups (broad SMARTS) is 1. The number of carbonyl (C=O) groups is 3. The Hall–Kier alpha value is -3.15. The number of aromatic carboxylic acids is 1. The third-order valence-corrected chi connectivity index (χ3v) is 4.42. The van der Waals surface area contributed by atoms with Gasteiger partial charge < -0.3 is 15.7 Å². The van der Waals surface area contributed by atoms with E-state index in [9.17, 15) is 14.4 Å². The second kappa shape index (κ2) is 8.69. The van der Waals surface area contributed by atoms with Gasteiger partial charge in [-0.15, -0.1) is 0 Å². The molecule has 0 aromatic heterocycles. The van der Waals surface area contributed by atoms with Crippen LogP contribution in [0.3, 0.4) is 0 Å². The third kappa shape index (κ3) is 5.67. The van der Waals surface area contributed by atoms with Crippen molar-refractivity contribution in [2.45, 2.75) is 45.7 Å². The molecule has 0 aliphatic carbocycles. The minimum atomic E-state index is -0.998. The van der Waals surface area contributed by atoms with Gasteiger partial charge in [-0.2, -0.15) is 0 Å². The minimum absolute atomic E-state index is 0.00481. The molecule has 0 spiro atoms. The summed E-state index contributed by atoms with van der Waals surface area (Å²) in [7, 11) is 0. The van der Waals surface area contributed by atoms with Gasteiger partial charge in [0.05, 0.1) is 5.56 Å². The van der Waals surface area contributed by atoms with Crippen LogP contribution >= 0.6 is 0 Å². The molecule has 2 aromatic carbocycles. The van der Waals surface area contributed by atoms with Gasteiger partial charge in [0.2, 0.25) is 5.91 Å². The van der Waals surface area contributed by atoms with E-state index in [-0.39, 0.29) is 29.3 Å². The van der Waals surface area contributed by atoms with Gasteiger partial charge in [-0.1, -0.05) is 45.0 Å². The van der Waals surface area contributed by atoms with Gasteiger partial charge in [0, 0.05) is 12.1 Å². The molecule has 2 amide bonds. The van der Waals surface area contributed by atoms with E-state index in [0.717, 1.165) is 11.1 Å². The molecule has 6 heteroatoms. The molecule has 1 atom stereocenters. The summed E-state index contributed by atoms with van der Waals surface area (Å²) < 4.78 is 0. The van der Waals surface area contributed by atoms with Gasteiger partial charge in [0.1, 0.15) is 6.04 Å². The molecule has 0 radical (unpaired) electrons. The number of nitrogens with one attached hydrogen (secondary N) is 2. The van der Waals surface area contributed by atoms with Crippen LogP contribution in [0, 0.1) is 0 Å². The van der Waals surface area contributed by atoms with E-state index in [1.165, 1.54) is 12.1 Å².